The van der Waals surface area contributed by atoms with Gasteiger partial charge >= 0.3 is 104 Å². The van der Waals surface area contributed by atoms with Crippen molar-refractivity contribution in [2.24, 2.45) is 23.5 Å². The zero-order valence-electron chi connectivity index (χ0n) is 9.66. The molecule has 0 aromatic heterocycles. The predicted octanol–water partition coefficient (Wildman–Crippen LogP) is 1.72. The van der Waals surface area contributed by atoms with Crippen LogP contribution in [-0.4, -0.2) is 29.4 Å². The first-order chi connectivity index (χ1) is 7.60. The molecule has 0 spiro atoms. The van der Waals surface area contributed by atoms with Gasteiger partial charge < -0.3 is 0 Å². The number of alkyl halides is 3. The van der Waals surface area contributed by atoms with E-state index in [-0.39, 0.29) is 3.42 Å². The first-order valence-electron chi connectivity index (χ1n) is 6.16. The van der Waals surface area contributed by atoms with Gasteiger partial charge in [-0.1, -0.05) is 0 Å². The van der Waals surface area contributed by atoms with Gasteiger partial charge in [-0.15, -0.1) is 0 Å². The normalized spacial score (nSPS) is 51.2. The number of carboxylic acids is 1. The van der Waals surface area contributed by atoms with E-state index in [4.69, 9.17) is 10.8 Å². The van der Waals surface area contributed by atoms with Crippen LogP contribution in [0.25, 0.3) is 0 Å². The molecular formula is C12H20INO2. The molecule has 2 aliphatic heterocycles. The van der Waals surface area contributed by atoms with E-state index in [1.54, 1.807) is 0 Å². The molecule has 92 valence electrons. The van der Waals surface area contributed by atoms with E-state index in [1.165, 1.54) is 17.3 Å². The van der Waals surface area contributed by atoms with Gasteiger partial charge in [-0.3, -0.25) is 0 Å². The van der Waals surface area contributed by atoms with E-state index >= 15 is 0 Å². The molecule has 2 heterocycles. The summed E-state index contributed by atoms with van der Waals surface area (Å²) >= 11 is -1.08. The summed E-state index contributed by atoms with van der Waals surface area (Å²) in [7, 11) is 0. The van der Waals surface area contributed by atoms with E-state index < -0.39 is 25.8 Å². The van der Waals surface area contributed by atoms with Crippen molar-refractivity contribution in [3.05, 3.63) is 0 Å². The number of carbonyl (C=O) groups is 1. The van der Waals surface area contributed by atoms with Gasteiger partial charge in [-0.2, -0.15) is 0 Å². The molecule has 3 nitrogen and oxygen atoms in total. The standard InChI is InChI=1S/C12H20INO2/c1-7-5-13-11-8(7)2-3-9(11)12(13,6-14)4-10(15)16/h7-9,11H,2-6,14H2,1H3,(H,15,16)/t7?,8?,9-,11+,12+/m0/s1. The molecule has 3 N–H and O–H groups in total. The Balaban J connectivity index is 1.89. The summed E-state index contributed by atoms with van der Waals surface area (Å²) in [4.78, 5) is 11.1. The Morgan fingerprint density at radius 1 is 1.56 bits per heavy atom. The Hall–Kier alpha value is 0.160. The average Bonchev–Trinajstić information content (AvgIpc) is 2.73. The molecular weight excluding hydrogens is 317 g/mol. The molecule has 0 bridgehead atoms. The average molecular weight is 337 g/mol. The van der Waals surface area contributed by atoms with Gasteiger partial charge in [0, 0.05) is 0 Å². The Morgan fingerprint density at radius 3 is 2.94 bits per heavy atom. The molecule has 4 heteroatoms. The maximum atomic E-state index is 11.1. The third-order valence-corrected chi connectivity index (χ3v) is 15.2. The van der Waals surface area contributed by atoms with Crippen LogP contribution < -0.4 is 5.73 Å². The SMILES string of the molecule is CC1CI2[C@@H]3C1CC[C@@H]3[C@]2(CN)CC(=O)O. The molecule has 16 heavy (non-hydrogen) atoms. The summed E-state index contributed by atoms with van der Waals surface area (Å²) in [6.45, 7) is 3.02. The van der Waals surface area contributed by atoms with Gasteiger partial charge in [0.25, 0.3) is 0 Å². The quantitative estimate of drug-likeness (QED) is 0.609. The molecule has 3 fully saturated rings. The molecule has 1 saturated carbocycles. The van der Waals surface area contributed by atoms with Crippen LogP contribution in [0.15, 0.2) is 0 Å². The number of halogens is 1. The van der Waals surface area contributed by atoms with Gasteiger partial charge in [-0.25, -0.2) is 0 Å². The van der Waals surface area contributed by atoms with Crippen LogP contribution in [0.4, 0.5) is 0 Å². The second-order valence-electron chi connectivity index (χ2n) is 5.63. The number of hydrogen-bond acceptors (Lipinski definition) is 2. The molecule has 0 radical (unpaired) electrons. The fourth-order valence-corrected chi connectivity index (χ4v) is 16.1. The Bertz CT molecular complexity index is 335. The molecule has 2 unspecified atom stereocenters. The third-order valence-electron chi connectivity index (χ3n) is 4.98. The van der Waals surface area contributed by atoms with Crippen LogP contribution >= 0.6 is 19.8 Å². The summed E-state index contributed by atoms with van der Waals surface area (Å²) in [5.74, 6) is 1.88. The van der Waals surface area contributed by atoms with Crippen LogP contribution in [-0.2, 0) is 4.79 Å². The van der Waals surface area contributed by atoms with Crippen molar-refractivity contribution in [3.63, 3.8) is 0 Å². The van der Waals surface area contributed by atoms with Crippen LogP contribution in [0, 0.1) is 17.8 Å². The predicted molar refractivity (Wildman–Crippen MR) is 72.1 cm³/mol. The van der Waals surface area contributed by atoms with E-state index in [2.05, 4.69) is 6.92 Å². The number of rotatable bonds is 3. The van der Waals surface area contributed by atoms with Crippen LogP contribution in [0.3, 0.4) is 0 Å². The number of nitrogens with two attached hydrogens (primary N) is 1. The summed E-state index contributed by atoms with van der Waals surface area (Å²) < 4.78 is 2.46. The van der Waals surface area contributed by atoms with E-state index in [9.17, 15) is 4.79 Å². The topological polar surface area (TPSA) is 63.3 Å². The number of aliphatic carboxylic acids is 1. The summed E-state index contributed by atoms with van der Waals surface area (Å²) in [6.07, 6.45) is 2.99. The summed E-state index contributed by atoms with van der Waals surface area (Å²) in [5, 5.41) is 9.13. The fraction of sp³-hybridized carbons (Fsp3) is 0.917. The minimum absolute atomic E-state index is 0.111. The van der Waals surface area contributed by atoms with Gasteiger partial charge in [0.15, 0.2) is 0 Å². The number of carboxylic acid groups (broad SMARTS) is 1. The third kappa shape index (κ3) is 1.20. The van der Waals surface area contributed by atoms with Crippen molar-refractivity contribution in [1.82, 2.24) is 0 Å². The molecule has 0 amide bonds. The van der Waals surface area contributed by atoms with Crippen molar-refractivity contribution in [1.29, 1.82) is 0 Å². The Labute approximate surface area is 104 Å². The zero-order chi connectivity index (χ0) is 11.5. The first-order valence-corrected chi connectivity index (χ1v) is 10.0. The molecule has 0 aromatic rings. The molecule has 0 aromatic carbocycles. The van der Waals surface area contributed by atoms with Gasteiger partial charge in [0.05, 0.1) is 0 Å². The van der Waals surface area contributed by atoms with Crippen molar-refractivity contribution in [2.75, 3.05) is 11.0 Å². The molecule has 2 saturated heterocycles. The van der Waals surface area contributed by atoms with Gasteiger partial charge in [0.1, 0.15) is 0 Å². The van der Waals surface area contributed by atoms with E-state index in [0.717, 1.165) is 15.8 Å². The van der Waals surface area contributed by atoms with Crippen LogP contribution in [0.2, 0.25) is 0 Å². The second-order valence-corrected chi connectivity index (χ2v) is 12.4. The molecule has 3 aliphatic rings. The number of hydrogen-bond donors (Lipinski definition) is 2. The van der Waals surface area contributed by atoms with Crippen molar-refractivity contribution >= 4 is 25.8 Å². The van der Waals surface area contributed by atoms with Crippen LogP contribution in [0.1, 0.15) is 26.2 Å². The second kappa shape index (κ2) is 3.57. The monoisotopic (exact) mass is 337 g/mol. The molecule has 5 atom stereocenters. The zero-order valence-corrected chi connectivity index (χ0v) is 11.8. The van der Waals surface area contributed by atoms with Crippen LogP contribution in [0.5, 0.6) is 0 Å². The van der Waals surface area contributed by atoms with E-state index in [1.807, 2.05) is 0 Å². The Kier molecular flexibility index (Phi) is 2.52. The minimum atomic E-state index is -1.08. The first kappa shape index (κ1) is 11.3. The van der Waals surface area contributed by atoms with Gasteiger partial charge in [0.2, 0.25) is 0 Å². The molecule has 3 rings (SSSR count). The summed E-state index contributed by atoms with van der Waals surface area (Å²) in [6, 6.07) is 0. The van der Waals surface area contributed by atoms with Crippen molar-refractivity contribution in [3.8, 4) is 0 Å². The Morgan fingerprint density at radius 2 is 2.31 bits per heavy atom. The van der Waals surface area contributed by atoms with E-state index in [0.29, 0.717) is 18.9 Å². The fourth-order valence-electron chi connectivity index (χ4n) is 4.30. The van der Waals surface area contributed by atoms with Gasteiger partial charge in [-0.05, 0) is 0 Å². The summed E-state index contributed by atoms with van der Waals surface area (Å²) in [5.41, 5.74) is 5.98. The van der Waals surface area contributed by atoms with Crippen molar-refractivity contribution in [2.45, 2.75) is 33.5 Å². The molecule has 1 aliphatic carbocycles. The maximum absolute atomic E-state index is 11.1. The van der Waals surface area contributed by atoms with Crippen molar-refractivity contribution < 1.29 is 9.90 Å².